The molecule has 4 nitrogen and oxygen atoms in total. The fraction of sp³-hybridized carbons (Fsp3) is 0.333. The van der Waals surface area contributed by atoms with E-state index in [1.807, 2.05) is 38.1 Å². The molecule has 0 unspecified atom stereocenters. The molecule has 1 aromatic carbocycles. The van der Waals surface area contributed by atoms with E-state index in [9.17, 15) is 9.59 Å². The first-order valence-corrected chi connectivity index (χ1v) is 6.29. The maximum Gasteiger partial charge on any atom is 0.256 e. The van der Waals surface area contributed by atoms with Crippen LogP contribution in [0.25, 0.3) is 5.57 Å². The maximum atomic E-state index is 12.2. The lowest BCUT2D eigenvalue weighted by Crippen LogP contribution is -2.36. The number of para-hydroxylation sites is 1. The van der Waals surface area contributed by atoms with Gasteiger partial charge in [0.15, 0.2) is 5.78 Å². The highest BCUT2D eigenvalue weighted by Crippen LogP contribution is 2.36. The van der Waals surface area contributed by atoms with E-state index in [1.54, 1.807) is 0 Å². The molecule has 98 valence electrons. The minimum absolute atomic E-state index is 0.00176. The molecule has 19 heavy (non-hydrogen) atoms. The maximum absolute atomic E-state index is 12.2. The molecule has 1 fully saturated rings. The summed E-state index contributed by atoms with van der Waals surface area (Å²) < 4.78 is 5.67. The summed E-state index contributed by atoms with van der Waals surface area (Å²) in [6.45, 7) is 3.97. The number of carbonyl (C=O) groups is 2. The van der Waals surface area contributed by atoms with Crippen molar-refractivity contribution >= 4 is 23.0 Å². The van der Waals surface area contributed by atoms with E-state index < -0.39 is 5.60 Å². The van der Waals surface area contributed by atoms with Gasteiger partial charge in [0.2, 0.25) is 0 Å². The van der Waals surface area contributed by atoms with Crippen LogP contribution >= 0.6 is 0 Å². The first-order chi connectivity index (χ1) is 8.98. The molecule has 2 aliphatic rings. The molecule has 0 saturated carbocycles. The van der Waals surface area contributed by atoms with Gasteiger partial charge < -0.3 is 10.1 Å². The van der Waals surface area contributed by atoms with Gasteiger partial charge in [-0.25, -0.2) is 0 Å². The van der Waals surface area contributed by atoms with Gasteiger partial charge in [0.05, 0.1) is 17.8 Å². The lowest BCUT2D eigenvalue weighted by atomic mass is 9.89. The highest BCUT2D eigenvalue weighted by molar-refractivity contribution is 6.35. The minimum atomic E-state index is -0.449. The molecule has 1 aromatic rings. The standard InChI is InChI=1S/C15H15NO3/c1-15(2)7-12(17)10(8-19-15)13-9-5-3-4-6-11(9)16-14(13)18/h3-6H,7-8H2,1-2H3,(H,16,18). The summed E-state index contributed by atoms with van der Waals surface area (Å²) in [4.78, 5) is 24.3. The van der Waals surface area contributed by atoms with Crippen LogP contribution in [0.15, 0.2) is 29.8 Å². The predicted molar refractivity (Wildman–Crippen MR) is 71.6 cm³/mol. The van der Waals surface area contributed by atoms with Crippen molar-refractivity contribution < 1.29 is 14.3 Å². The summed E-state index contributed by atoms with van der Waals surface area (Å²) in [5, 5.41) is 2.78. The van der Waals surface area contributed by atoms with E-state index in [0.29, 0.717) is 17.6 Å². The minimum Gasteiger partial charge on any atom is -0.370 e. The van der Waals surface area contributed by atoms with Gasteiger partial charge in [0.1, 0.15) is 0 Å². The van der Waals surface area contributed by atoms with Crippen molar-refractivity contribution in [1.82, 2.24) is 0 Å². The largest absolute Gasteiger partial charge is 0.370 e. The Morgan fingerprint density at radius 1 is 1.21 bits per heavy atom. The Labute approximate surface area is 111 Å². The molecule has 0 spiro atoms. The summed E-state index contributed by atoms with van der Waals surface area (Å²) in [7, 11) is 0. The summed E-state index contributed by atoms with van der Waals surface area (Å²) in [5.41, 5.74) is 2.06. The summed E-state index contributed by atoms with van der Waals surface area (Å²) >= 11 is 0. The van der Waals surface area contributed by atoms with E-state index in [4.69, 9.17) is 4.74 Å². The molecule has 0 aromatic heterocycles. The van der Waals surface area contributed by atoms with E-state index >= 15 is 0 Å². The zero-order chi connectivity index (χ0) is 13.6. The third-order valence-electron chi connectivity index (χ3n) is 3.50. The molecular weight excluding hydrogens is 242 g/mol. The number of hydrogen-bond donors (Lipinski definition) is 1. The fourth-order valence-corrected chi connectivity index (χ4v) is 2.52. The first-order valence-electron chi connectivity index (χ1n) is 6.29. The number of anilines is 1. The number of carbonyl (C=O) groups excluding carboxylic acids is 2. The van der Waals surface area contributed by atoms with Gasteiger partial charge in [0.25, 0.3) is 5.91 Å². The number of amides is 1. The van der Waals surface area contributed by atoms with Crippen LogP contribution < -0.4 is 5.32 Å². The number of rotatable bonds is 0. The highest BCUT2D eigenvalue weighted by Gasteiger charge is 2.36. The van der Waals surface area contributed by atoms with Crippen molar-refractivity contribution in [2.24, 2.45) is 0 Å². The molecule has 4 heteroatoms. The number of fused-ring (bicyclic) bond motifs is 1. The average molecular weight is 257 g/mol. The Morgan fingerprint density at radius 2 is 1.95 bits per heavy atom. The Morgan fingerprint density at radius 3 is 2.68 bits per heavy atom. The average Bonchev–Trinajstić information content (AvgIpc) is 2.65. The van der Waals surface area contributed by atoms with E-state index in [0.717, 1.165) is 11.3 Å². The predicted octanol–water partition coefficient (Wildman–Crippen LogP) is 2.16. The van der Waals surface area contributed by atoms with Crippen molar-refractivity contribution in [3.05, 3.63) is 35.4 Å². The molecule has 1 amide bonds. The van der Waals surface area contributed by atoms with Crippen molar-refractivity contribution in [2.45, 2.75) is 25.9 Å². The van der Waals surface area contributed by atoms with Crippen LogP contribution in [-0.2, 0) is 14.3 Å². The van der Waals surface area contributed by atoms with E-state index in [-0.39, 0.29) is 18.3 Å². The number of nitrogens with one attached hydrogen (secondary N) is 1. The second kappa shape index (κ2) is 4.03. The summed E-state index contributed by atoms with van der Waals surface area (Å²) in [6, 6.07) is 7.40. The Hall–Kier alpha value is -1.94. The summed E-state index contributed by atoms with van der Waals surface area (Å²) in [6.07, 6.45) is 0.307. The number of hydrogen-bond acceptors (Lipinski definition) is 3. The third kappa shape index (κ3) is 1.98. The van der Waals surface area contributed by atoms with Crippen LogP contribution in [-0.4, -0.2) is 23.9 Å². The number of benzene rings is 1. The van der Waals surface area contributed by atoms with Crippen molar-refractivity contribution in [3.8, 4) is 0 Å². The lowest BCUT2D eigenvalue weighted by molar-refractivity contribution is -0.128. The SMILES string of the molecule is CC1(C)CC(=O)C(=C2C(=O)Nc3ccccc32)CO1. The monoisotopic (exact) mass is 257 g/mol. The van der Waals surface area contributed by atoms with Crippen LogP contribution in [0.2, 0.25) is 0 Å². The smallest absolute Gasteiger partial charge is 0.256 e. The molecular formula is C15H15NO3. The summed E-state index contributed by atoms with van der Waals surface area (Å²) in [5.74, 6) is -0.217. The molecule has 2 aliphatic heterocycles. The van der Waals surface area contributed by atoms with Crippen LogP contribution in [0.1, 0.15) is 25.8 Å². The van der Waals surface area contributed by atoms with Gasteiger partial charge in [-0.15, -0.1) is 0 Å². The zero-order valence-corrected chi connectivity index (χ0v) is 10.9. The van der Waals surface area contributed by atoms with Crippen LogP contribution in [0.5, 0.6) is 0 Å². The van der Waals surface area contributed by atoms with Gasteiger partial charge in [-0.05, 0) is 19.9 Å². The van der Waals surface area contributed by atoms with Crippen molar-refractivity contribution in [2.75, 3.05) is 11.9 Å². The molecule has 0 aliphatic carbocycles. The Kier molecular flexibility index (Phi) is 2.57. The second-order valence-electron chi connectivity index (χ2n) is 5.50. The van der Waals surface area contributed by atoms with E-state index in [1.165, 1.54) is 0 Å². The highest BCUT2D eigenvalue weighted by atomic mass is 16.5. The van der Waals surface area contributed by atoms with Gasteiger partial charge in [-0.1, -0.05) is 18.2 Å². The Bertz CT molecular complexity index is 614. The molecule has 3 rings (SSSR count). The van der Waals surface area contributed by atoms with E-state index in [2.05, 4.69) is 5.32 Å². The fourth-order valence-electron chi connectivity index (χ4n) is 2.52. The van der Waals surface area contributed by atoms with Crippen LogP contribution in [0.4, 0.5) is 5.69 Å². The molecule has 0 bridgehead atoms. The quantitative estimate of drug-likeness (QED) is 0.725. The normalized spacial score (nSPS) is 25.2. The van der Waals surface area contributed by atoms with Crippen molar-refractivity contribution in [3.63, 3.8) is 0 Å². The number of ketones is 1. The van der Waals surface area contributed by atoms with Gasteiger partial charge in [-0.3, -0.25) is 9.59 Å². The van der Waals surface area contributed by atoms with Gasteiger partial charge >= 0.3 is 0 Å². The number of Topliss-reactive ketones (excluding diaryl/α,β-unsaturated/α-hetero) is 1. The number of ether oxygens (including phenoxy) is 1. The zero-order valence-electron chi connectivity index (χ0n) is 10.9. The molecule has 0 radical (unpaired) electrons. The molecule has 1 N–H and O–H groups in total. The van der Waals surface area contributed by atoms with Gasteiger partial charge in [0, 0.05) is 23.2 Å². The second-order valence-corrected chi connectivity index (χ2v) is 5.50. The topological polar surface area (TPSA) is 55.4 Å². The molecule has 2 heterocycles. The van der Waals surface area contributed by atoms with Gasteiger partial charge in [-0.2, -0.15) is 0 Å². The van der Waals surface area contributed by atoms with Crippen LogP contribution in [0, 0.1) is 0 Å². The lowest BCUT2D eigenvalue weighted by Gasteiger charge is -2.30. The molecule has 1 saturated heterocycles. The first kappa shape index (κ1) is 12.1. The Balaban J connectivity index is 2.09. The third-order valence-corrected chi connectivity index (χ3v) is 3.50. The van der Waals surface area contributed by atoms with Crippen molar-refractivity contribution in [1.29, 1.82) is 0 Å². The molecule has 0 atom stereocenters. The van der Waals surface area contributed by atoms with Crippen LogP contribution in [0.3, 0.4) is 0 Å².